The molecule has 2 aromatic carbocycles. The van der Waals surface area contributed by atoms with Crippen molar-refractivity contribution in [3.05, 3.63) is 59.2 Å². The van der Waals surface area contributed by atoms with Crippen molar-refractivity contribution >= 4 is 5.91 Å². The van der Waals surface area contributed by atoms with E-state index in [4.69, 9.17) is 14.7 Å². The van der Waals surface area contributed by atoms with Crippen LogP contribution >= 0.6 is 0 Å². The molecule has 0 aliphatic carbocycles. The minimum atomic E-state index is -0.895. The van der Waals surface area contributed by atoms with Crippen LogP contribution in [0.1, 0.15) is 27.6 Å². The van der Waals surface area contributed by atoms with Gasteiger partial charge in [0.2, 0.25) is 0 Å². The molecular weight excluding hydrogens is 308 g/mol. The highest BCUT2D eigenvalue weighted by Gasteiger charge is 2.14. The number of carbonyl (C=O) groups is 1. The van der Waals surface area contributed by atoms with Crippen LogP contribution in [0.2, 0.25) is 0 Å². The number of nitrogens with one attached hydrogen (secondary N) is 1. The van der Waals surface area contributed by atoms with Gasteiger partial charge in [0.15, 0.2) is 11.5 Å². The molecule has 0 saturated carbocycles. The molecule has 6 heteroatoms. The van der Waals surface area contributed by atoms with Crippen LogP contribution in [0.5, 0.6) is 11.5 Å². The number of benzene rings is 2. The van der Waals surface area contributed by atoms with Crippen molar-refractivity contribution in [2.24, 2.45) is 0 Å². The summed E-state index contributed by atoms with van der Waals surface area (Å²) in [6, 6.07) is 13.4. The molecule has 6 nitrogen and oxygen atoms in total. The van der Waals surface area contributed by atoms with E-state index >= 15 is 0 Å². The number of amides is 1. The van der Waals surface area contributed by atoms with Gasteiger partial charge in [0, 0.05) is 12.1 Å². The van der Waals surface area contributed by atoms with Crippen molar-refractivity contribution < 1.29 is 19.4 Å². The average Bonchev–Trinajstić information content (AvgIpc) is 2.65. The van der Waals surface area contributed by atoms with Crippen molar-refractivity contribution in [2.75, 3.05) is 20.8 Å². The number of hydrogen-bond donors (Lipinski definition) is 2. The molecule has 2 N–H and O–H groups in total. The number of nitriles is 1. The fourth-order valence-electron chi connectivity index (χ4n) is 2.20. The topological polar surface area (TPSA) is 91.6 Å². The van der Waals surface area contributed by atoms with E-state index in [-0.39, 0.29) is 12.5 Å². The largest absolute Gasteiger partial charge is 0.493 e. The number of nitrogens with zero attached hydrogens (tertiary/aromatic N) is 1. The normalized spacial score (nSPS) is 11.2. The Morgan fingerprint density at radius 3 is 2.62 bits per heavy atom. The molecule has 0 aliphatic heterocycles. The molecule has 1 unspecified atom stereocenters. The zero-order chi connectivity index (χ0) is 17.5. The van der Waals surface area contributed by atoms with Gasteiger partial charge in [-0.3, -0.25) is 4.79 Å². The Balaban J connectivity index is 2.03. The quantitative estimate of drug-likeness (QED) is 0.847. The highest BCUT2D eigenvalue weighted by Crippen LogP contribution is 2.29. The molecule has 124 valence electrons. The molecule has 0 heterocycles. The molecule has 2 aromatic rings. The highest BCUT2D eigenvalue weighted by molar-refractivity contribution is 5.94. The standard InChI is InChI=1S/C18H18N2O4/c1-23-16-7-6-13(9-17(16)24-2)15(21)11-20-18(22)14-5-3-4-12(8-14)10-19/h3-9,15,21H,11H2,1-2H3,(H,20,22). The summed E-state index contributed by atoms with van der Waals surface area (Å²) < 4.78 is 10.3. The van der Waals surface area contributed by atoms with Crippen molar-refractivity contribution in [3.63, 3.8) is 0 Å². The van der Waals surface area contributed by atoms with Gasteiger partial charge in [-0.2, -0.15) is 5.26 Å². The first kappa shape index (κ1) is 17.3. The van der Waals surface area contributed by atoms with Crippen LogP contribution in [0.15, 0.2) is 42.5 Å². The van der Waals surface area contributed by atoms with Crippen molar-refractivity contribution in [1.29, 1.82) is 5.26 Å². The monoisotopic (exact) mass is 326 g/mol. The zero-order valence-electron chi connectivity index (χ0n) is 13.4. The predicted molar refractivity (Wildman–Crippen MR) is 88.0 cm³/mol. The van der Waals surface area contributed by atoms with E-state index in [1.165, 1.54) is 20.3 Å². The van der Waals surface area contributed by atoms with Crippen LogP contribution in [-0.2, 0) is 0 Å². The summed E-state index contributed by atoms with van der Waals surface area (Å²) in [7, 11) is 3.04. The summed E-state index contributed by atoms with van der Waals surface area (Å²) in [6.45, 7) is 0.0328. The van der Waals surface area contributed by atoms with Gasteiger partial charge in [0.25, 0.3) is 5.91 Å². The number of methoxy groups -OCH3 is 2. The first-order valence-electron chi connectivity index (χ1n) is 7.27. The lowest BCUT2D eigenvalue weighted by Crippen LogP contribution is -2.28. The van der Waals surface area contributed by atoms with Crippen LogP contribution < -0.4 is 14.8 Å². The Hall–Kier alpha value is -3.04. The number of hydrogen-bond acceptors (Lipinski definition) is 5. The summed E-state index contributed by atoms with van der Waals surface area (Å²) in [4.78, 5) is 12.1. The van der Waals surface area contributed by atoms with E-state index < -0.39 is 6.10 Å². The second-order valence-corrected chi connectivity index (χ2v) is 5.03. The molecule has 0 aliphatic rings. The van der Waals surface area contributed by atoms with Crippen LogP contribution in [0.3, 0.4) is 0 Å². The van der Waals surface area contributed by atoms with Gasteiger partial charge >= 0.3 is 0 Å². The summed E-state index contributed by atoms with van der Waals surface area (Å²) in [5.74, 6) is 0.708. The number of ether oxygens (including phenoxy) is 2. The zero-order valence-corrected chi connectivity index (χ0v) is 13.4. The summed E-state index contributed by atoms with van der Waals surface area (Å²) >= 11 is 0. The van der Waals surface area contributed by atoms with Gasteiger partial charge in [-0.15, -0.1) is 0 Å². The predicted octanol–water partition coefficient (Wildman–Crippen LogP) is 2.04. The fraction of sp³-hybridized carbons (Fsp3) is 0.222. The number of aliphatic hydroxyl groups is 1. The minimum absolute atomic E-state index is 0.0328. The van der Waals surface area contributed by atoms with Gasteiger partial charge in [-0.05, 0) is 35.9 Å². The first-order chi connectivity index (χ1) is 11.6. The van der Waals surface area contributed by atoms with Crippen LogP contribution in [-0.4, -0.2) is 31.8 Å². The van der Waals surface area contributed by atoms with E-state index in [9.17, 15) is 9.90 Å². The SMILES string of the molecule is COc1ccc(C(O)CNC(=O)c2cccc(C#N)c2)cc1OC. The van der Waals surface area contributed by atoms with Gasteiger partial charge in [0.05, 0.1) is 32.0 Å². The Bertz CT molecular complexity index is 768. The molecule has 0 radical (unpaired) electrons. The number of carbonyl (C=O) groups excluding carboxylic acids is 1. The average molecular weight is 326 g/mol. The summed E-state index contributed by atoms with van der Waals surface area (Å²) in [5.41, 5.74) is 1.37. The minimum Gasteiger partial charge on any atom is -0.493 e. The lowest BCUT2D eigenvalue weighted by molar-refractivity contribution is 0.0916. The van der Waals surface area contributed by atoms with Gasteiger partial charge in [-0.25, -0.2) is 0 Å². The van der Waals surface area contributed by atoms with Gasteiger partial charge < -0.3 is 19.9 Å². The van der Waals surface area contributed by atoms with Gasteiger partial charge in [0.1, 0.15) is 0 Å². The van der Waals surface area contributed by atoms with Crippen LogP contribution in [0, 0.1) is 11.3 Å². The van der Waals surface area contributed by atoms with Crippen molar-refractivity contribution in [2.45, 2.75) is 6.10 Å². The molecule has 24 heavy (non-hydrogen) atoms. The fourth-order valence-corrected chi connectivity index (χ4v) is 2.20. The lowest BCUT2D eigenvalue weighted by Gasteiger charge is -2.15. The van der Waals surface area contributed by atoms with E-state index in [2.05, 4.69) is 5.32 Å². The van der Waals surface area contributed by atoms with Crippen LogP contribution in [0.25, 0.3) is 0 Å². The van der Waals surface area contributed by atoms with Crippen molar-refractivity contribution in [3.8, 4) is 17.6 Å². The van der Waals surface area contributed by atoms with E-state index in [1.54, 1.807) is 36.4 Å². The van der Waals surface area contributed by atoms with E-state index in [1.807, 2.05) is 6.07 Å². The third kappa shape index (κ3) is 4.03. The smallest absolute Gasteiger partial charge is 0.251 e. The van der Waals surface area contributed by atoms with Crippen molar-refractivity contribution in [1.82, 2.24) is 5.32 Å². The Morgan fingerprint density at radius 1 is 1.21 bits per heavy atom. The molecule has 1 atom stereocenters. The maximum atomic E-state index is 12.1. The number of aliphatic hydroxyl groups excluding tert-OH is 1. The Labute approximate surface area is 140 Å². The molecule has 0 spiro atoms. The lowest BCUT2D eigenvalue weighted by atomic mass is 10.1. The second-order valence-electron chi connectivity index (χ2n) is 5.03. The first-order valence-corrected chi connectivity index (χ1v) is 7.27. The van der Waals surface area contributed by atoms with E-state index in [0.717, 1.165) is 0 Å². The summed E-state index contributed by atoms with van der Waals surface area (Å²) in [5, 5.41) is 21.7. The maximum absolute atomic E-state index is 12.1. The third-order valence-corrected chi connectivity index (χ3v) is 3.50. The molecule has 0 aromatic heterocycles. The Morgan fingerprint density at radius 2 is 1.96 bits per heavy atom. The third-order valence-electron chi connectivity index (χ3n) is 3.50. The van der Waals surface area contributed by atoms with Gasteiger partial charge in [-0.1, -0.05) is 12.1 Å². The second kappa shape index (κ2) is 7.99. The highest BCUT2D eigenvalue weighted by atomic mass is 16.5. The maximum Gasteiger partial charge on any atom is 0.251 e. The van der Waals surface area contributed by atoms with E-state index in [0.29, 0.717) is 28.2 Å². The molecule has 1 amide bonds. The molecule has 0 bridgehead atoms. The summed E-state index contributed by atoms with van der Waals surface area (Å²) in [6.07, 6.45) is -0.895. The molecular formula is C18H18N2O4. The molecule has 0 saturated heterocycles. The molecule has 0 fully saturated rings. The Kier molecular flexibility index (Phi) is 5.77. The molecule has 2 rings (SSSR count). The number of rotatable bonds is 6. The van der Waals surface area contributed by atoms with Crippen LogP contribution in [0.4, 0.5) is 0 Å².